The number of benzene rings is 2. The molecule has 0 aliphatic carbocycles. The molecule has 1 heterocycles. The zero-order valence-electron chi connectivity index (χ0n) is 17.0. The van der Waals surface area contributed by atoms with Crippen LogP contribution in [0.25, 0.3) is 5.69 Å². The van der Waals surface area contributed by atoms with E-state index in [0.717, 1.165) is 22.3 Å². The quantitative estimate of drug-likeness (QED) is 0.459. The molecule has 5 nitrogen and oxygen atoms in total. The third kappa shape index (κ3) is 5.29. The lowest BCUT2D eigenvalue weighted by atomic mass is 10.1. The summed E-state index contributed by atoms with van der Waals surface area (Å²) < 4.78 is 52.5. The minimum atomic E-state index is -4.56. The second-order valence-corrected chi connectivity index (χ2v) is 9.50. The molecule has 0 saturated carbocycles. The zero-order chi connectivity index (χ0) is 23.6. The molecule has 3 rings (SSSR count). The Kier molecular flexibility index (Phi) is 7.23. The van der Waals surface area contributed by atoms with Gasteiger partial charge in [0.05, 0.1) is 5.56 Å². The number of hydrogen-bond acceptors (Lipinski definition) is 3. The lowest BCUT2D eigenvalue weighted by Gasteiger charge is -2.16. The molecule has 1 N–H and O–H groups in total. The van der Waals surface area contributed by atoms with E-state index < -0.39 is 34.0 Å². The van der Waals surface area contributed by atoms with Gasteiger partial charge in [-0.25, -0.2) is 0 Å². The first-order valence-electron chi connectivity index (χ1n) is 9.29. The van der Waals surface area contributed by atoms with Gasteiger partial charge in [0.15, 0.2) is 0 Å². The zero-order valence-corrected chi connectivity index (χ0v) is 20.0. The summed E-state index contributed by atoms with van der Waals surface area (Å²) in [6.07, 6.45) is -3.00. The number of carbonyl (C=O) groups excluding carboxylic acids is 1. The minimum Gasteiger partial charge on any atom is -0.348 e. The Morgan fingerprint density at radius 1 is 1.12 bits per heavy atom. The van der Waals surface area contributed by atoms with Gasteiger partial charge >= 0.3 is 6.18 Å². The molecule has 0 fully saturated rings. The van der Waals surface area contributed by atoms with E-state index in [2.05, 4.69) is 5.32 Å². The van der Waals surface area contributed by atoms with Crippen LogP contribution in [0.5, 0.6) is 0 Å². The summed E-state index contributed by atoms with van der Waals surface area (Å²) in [7, 11) is -1.12. The van der Waals surface area contributed by atoms with Crippen LogP contribution in [0.1, 0.15) is 27.2 Å². The molecule has 3 aromatic rings. The Labute approximate surface area is 198 Å². The highest BCUT2D eigenvalue weighted by atomic mass is 127. The van der Waals surface area contributed by atoms with E-state index in [1.165, 1.54) is 18.2 Å². The van der Waals surface area contributed by atoms with Crippen LogP contribution in [-0.4, -0.2) is 20.9 Å². The van der Waals surface area contributed by atoms with E-state index in [0.29, 0.717) is 14.2 Å². The predicted molar refractivity (Wildman–Crippen MR) is 124 cm³/mol. The molecule has 2 aromatic carbocycles. The normalized spacial score (nSPS) is 12.4. The Hall–Kier alpha value is -2.47. The van der Waals surface area contributed by atoms with Gasteiger partial charge in [0.25, 0.3) is 11.5 Å². The van der Waals surface area contributed by atoms with Crippen molar-refractivity contribution in [2.75, 3.05) is 6.26 Å². The van der Waals surface area contributed by atoms with Crippen LogP contribution >= 0.6 is 22.6 Å². The second-order valence-electron chi connectivity index (χ2n) is 6.96. The van der Waals surface area contributed by atoms with Crippen molar-refractivity contribution in [3.63, 3.8) is 0 Å². The van der Waals surface area contributed by atoms with E-state index in [1.807, 2.05) is 22.6 Å². The molecule has 0 bridgehead atoms. The number of hydrogen-bond donors (Lipinski definition) is 1. The summed E-state index contributed by atoms with van der Waals surface area (Å²) in [5, 5.41) is 2.65. The molecule has 1 aromatic heterocycles. The van der Waals surface area contributed by atoms with Crippen molar-refractivity contribution >= 4 is 39.3 Å². The van der Waals surface area contributed by atoms with Gasteiger partial charge in [-0.1, -0.05) is 18.2 Å². The summed E-state index contributed by atoms with van der Waals surface area (Å²) in [5.74, 6) is -0.642. The summed E-state index contributed by atoms with van der Waals surface area (Å²) in [6, 6.07) is 12.6. The highest BCUT2D eigenvalue weighted by molar-refractivity contribution is 14.1. The molecule has 0 spiro atoms. The molecule has 1 unspecified atom stereocenters. The van der Waals surface area contributed by atoms with E-state index in [4.69, 9.17) is 0 Å². The molecule has 0 radical (unpaired) electrons. The van der Waals surface area contributed by atoms with Crippen LogP contribution in [0.15, 0.2) is 64.3 Å². The van der Waals surface area contributed by atoms with E-state index in [1.54, 1.807) is 37.4 Å². The number of halogens is 4. The van der Waals surface area contributed by atoms with Crippen molar-refractivity contribution in [1.82, 2.24) is 9.88 Å². The number of carbonyl (C=O) groups is 1. The molecule has 0 saturated heterocycles. The van der Waals surface area contributed by atoms with Crippen molar-refractivity contribution in [1.29, 1.82) is 0 Å². The fourth-order valence-electron chi connectivity index (χ4n) is 3.04. The number of rotatable bonds is 5. The first kappa shape index (κ1) is 24.2. The summed E-state index contributed by atoms with van der Waals surface area (Å²) >= 11 is 1.94. The summed E-state index contributed by atoms with van der Waals surface area (Å²) in [6.45, 7) is 1.73. The summed E-state index contributed by atoms with van der Waals surface area (Å²) in [5.41, 5.74) is -0.581. The van der Waals surface area contributed by atoms with Crippen LogP contribution in [0.3, 0.4) is 0 Å². The molecule has 10 heteroatoms. The molecule has 0 aliphatic rings. The van der Waals surface area contributed by atoms with Gasteiger partial charge in [0.2, 0.25) is 0 Å². The van der Waals surface area contributed by atoms with E-state index in [-0.39, 0.29) is 17.8 Å². The van der Waals surface area contributed by atoms with Crippen molar-refractivity contribution in [2.45, 2.75) is 24.5 Å². The highest BCUT2D eigenvalue weighted by Crippen LogP contribution is 2.30. The Bertz CT molecular complexity index is 1250. The molecule has 0 aliphatic heterocycles. The van der Waals surface area contributed by atoms with Crippen LogP contribution < -0.4 is 10.9 Å². The Morgan fingerprint density at radius 3 is 2.38 bits per heavy atom. The third-order valence-corrected chi connectivity index (χ3v) is 6.80. The van der Waals surface area contributed by atoms with Gasteiger partial charge in [-0.15, -0.1) is 0 Å². The predicted octanol–water partition coefficient (Wildman–Crippen LogP) is 4.44. The third-order valence-electron chi connectivity index (χ3n) is 4.77. The number of amides is 1. The Balaban J connectivity index is 1.93. The van der Waals surface area contributed by atoms with Gasteiger partial charge in [-0.05, 0) is 71.5 Å². The maximum atomic E-state index is 13.1. The van der Waals surface area contributed by atoms with Gasteiger partial charge in [0.1, 0.15) is 5.56 Å². The topological polar surface area (TPSA) is 68.2 Å². The average Bonchev–Trinajstić information content (AvgIpc) is 2.74. The molecular formula is C22H18F3IN2O3S. The van der Waals surface area contributed by atoms with Crippen molar-refractivity contribution in [3.8, 4) is 5.69 Å². The standard InChI is InChI=1S/C22H18F3IN2O3S/c1-13-19(26)11-18(20(29)27-12-14-6-8-17(9-7-14)32(2)31)21(30)28(13)16-5-3-4-15(10-16)22(23,24)25/h3-11H,12H2,1-2H3,(H,27,29). The van der Waals surface area contributed by atoms with Crippen LogP contribution in [0.2, 0.25) is 0 Å². The van der Waals surface area contributed by atoms with Crippen LogP contribution in [-0.2, 0) is 23.5 Å². The van der Waals surface area contributed by atoms with Gasteiger partial charge in [-0.2, -0.15) is 13.2 Å². The Morgan fingerprint density at radius 2 is 1.78 bits per heavy atom. The average molecular weight is 574 g/mol. The number of alkyl halides is 3. The monoisotopic (exact) mass is 574 g/mol. The maximum Gasteiger partial charge on any atom is 0.416 e. The molecule has 1 atom stereocenters. The van der Waals surface area contributed by atoms with Gasteiger partial charge in [-0.3, -0.25) is 18.4 Å². The SMILES string of the molecule is Cc1c(I)cc(C(=O)NCc2ccc(S(C)=O)cc2)c(=O)n1-c1cccc(C(F)(F)F)c1. The maximum absolute atomic E-state index is 13.1. The first-order chi connectivity index (χ1) is 15.0. The minimum absolute atomic E-state index is 0.0260. The molecule has 168 valence electrons. The van der Waals surface area contributed by atoms with Crippen LogP contribution in [0, 0.1) is 10.5 Å². The first-order valence-corrected chi connectivity index (χ1v) is 11.9. The molecule has 1 amide bonds. The van der Waals surface area contributed by atoms with E-state index >= 15 is 0 Å². The lowest BCUT2D eigenvalue weighted by molar-refractivity contribution is -0.137. The van der Waals surface area contributed by atoms with Crippen molar-refractivity contribution < 1.29 is 22.2 Å². The second kappa shape index (κ2) is 9.57. The molecular weight excluding hydrogens is 556 g/mol. The van der Waals surface area contributed by atoms with Crippen LogP contribution in [0.4, 0.5) is 13.2 Å². The molecule has 32 heavy (non-hydrogen) atoms. The fraction of sp³-hybridized carbons (Fsp3) is 0.182. The number of pyridine rings is 1. The largest absolute Gasteiger partial charge is 0.416 e. The van der Waals surface area contributed by atoms with Crippen molar-refractivity contribution in [2.24, 2.45) is 0 Å². The van der Waals surface area contributed by atoms with Gasteiger partial charge in [0, 0.05) is 43.4 Å². The lowest BCUT2D eigenvalue weighted by Crippen LogP contribution is -2.33. The van der Waals surface area contributed by atoms with Gasteiger partial charge < -0.3 is 5.32 Å². The fourth-order valence-corrected chi connectivity index (χ4v) is 4.12. The smallest absolute Gasteiger partial charge is 0.348 e. The number of aromatic nitrogens is 1. The van der Waals surface area contributed by atoms with E-state index in [9.17, 15) is 27.0 Å². The summed E-state index contributed by atoms with van der Waals surface area (Å²) in [4.78, 5) is 26.4. The number of nitrogens with one attached hydrogen (secondary N) is 1. The highest BCUT2D eigenvalue weighted by Gasteiger charge is 2.31. The number of nitrogens with zero attached hydrogens (tertiary/aromatic N) is 1. The van der Waals surface area contributed by atoms with Crippen molar-refractivity contribution in [3.05, 3.63) is 90.9 Å².